The molecule has 88 valence electrons. The molecule has 0 spiro atoms. The fourth-order valence-corrected chi connectivity index (χ4v) is 3.58. The number of hydrogen-bond donors (Lipinski definition) is 0. The number of hydroxylamine groups is 4. The molecule has 0 atom stereocenters. The molecule has 0 aromatic heterocycles. The molecular formula is C8H16N2O2S3. The van der Waals surface area contributed by atoms with Gasteiger partial charge in [0.05, 0.1) is 0 Å². The molecule has 0 aliphatic carbocycles. The molecule has 0 unspecified atom stereocenters. The molecule has 7 heteroatoms. The van der Waals surface area contributed by atoms with Gasteiger partial charge in [-0.3, -0.25) is 0 Å². The van der Waals surface area contributed by atoms with Crippen molar-refractivity contribution < 1.29 is 8.57 Å². The molecule has 0 N–H and O–H groups in total. The fraction of sp³-hybridized carbons (Fsp3) is 1.00. The first kappa shape index (κ1) is 12.3. The van der Waals surface area contributed by atoms with Gasteiger partial charge >= 0.3 is 0 Å². The van der Waals surface area contributed by atoms with Gasteiger partial charge in [-0.25, -0.2) is 0 Å². The quantitative estimate of drug-likeness (QED) is 0.713. The fourth-order valence-electron chi connectivity index (χ4n) is 1.34. The topological polar surface area (TPSA) is 24.9 Å². The zero-order valence-electron chi connectivity index (χ0n) is 8.59. The predicted octanol–water partition coefficient (Wildman–Crippen LogP) is 1.51. The predicted molar refractivity (Wildman–Crippen MR) is 67.6 cm³/mol. The second-order valence-corrected chi connectivity index (χ2v) is 6.18. The number of thioether (sulfide) groups is 2. The Morgan fingerprint density at radius 3 is 1.53 bits per heavy atom. The van der Waals surface area contributed by atoms with Gasteiger partial charge in [-0.05, 0) is 0 Å². The van der Waals surface area contributed by atoms with Crippen LogP contribution in [0.3, 0.4) is 0 Å². The second-order valence-electron chi connectivity index (χ2n) is 3.30. The molecule has 2 fully saturated rings. The molecule has 0 radical (unpaired) electrons. The summed E-state index contributed by atoms with van der Waals surface area (Å²) in [5, 5.41) is 3.94. The summed E-state index contributed by atoms with van der Waals surface area (Å²) in [6, 6.07) is 0. The summed E-state index contributed by atoms with van der Waals surface area (Å²) in [6.45, 7) is 3.99. The van der Waals surface area contributed by atoms with Gasteiger partial charge in [-0.15, -0.1) is 0 Å². The van der Waals surface area contributed by atoms with Gasteiger partial charge in [-0.1, -0.05) is 0 Å². The minimum absolute atomic E-state index is 0.997. The first-order chi connectivity index (χ1) is 7.45. The average molecular weight is 268 g/mol. The Morgan fingerprint density at radius 2 is 1.13 bits per heavy atom. The maximum atomic E-state index is 5.45. The van der Waals surface area contributed by atoms with Crippen molar-refractivity contribution in [1.29, 1.82) is 0 Å². The van der Waals surface area contributed by atoms with Crippen molar-refractivity contribution in [3.63, 3.8) is 0 Å². The van der Waals surface area contributed by atoms with E-state index in [1.54, 1.807) is 0 Å². The van der Waals surface area contributed by atoms with Gasteiger partial charge in [0.2, 0.25) is 0 Å². The van der Waals surface area contributed by atoms with E-state index >= 15 is 0 Å². The van der Waals surface area contributed by atoms with Crippen LogP contribution in [0.25, 0.3) is 0 Å². The van der Waals surface area contributed by atoms with Crippen LogP contribution in [0.15, 0.2) is 0 Å². The zero-order chi connectivity index (χ0) is 10.3. The summed E-state index contributed by atoms with van der Waals surface area (Å²) in [5.74, 6) is 4.61. The molecule has 0 bridgehead atoms. The van der Waals surface area contributed by atoms with Crippen LogP contribution in [0.5, 0.6) is 0 Å². The molecule has 2 aliphatic heterocycles. The highest BCUT2D eigenvalue weighted by Crippen LogP contribution is 2.18. The standard InChI is InChI=1S/C8H16N2O2S3/c1-5-13-6-2-9(1)11-15-12-10-3-7-14-8-4-10/h1-8H2. The summed E-state index contributed by atoms with van der Waals surface area (Å²) in [5.41, 5.74) is 0. The Kier molecular flexibility index (Phi) is 5.98. The molecule has 0 amide bonds. The van der Waals surface area contributed by atoms with Gasteiger partial charge in [0, 0.05) is 49.2 Å². The van der Waals surface area contributed by atoms with E-state index in [2.05, 4.69) is 0 Å². The average Bonchev–Trinajstić information content (AvgIpc) is 2.32. The molecule has 0 aromatic rings. The van der Waals surface area contributed by atoms with Crippen LogP contribution in [0.4, 0.5) is 0 Å². The highest BCUT2D eigenvalue weighted by atomic mass is 32.2. The number of hydrogen-bond acceptors (Lipinski definition) is 7. The lowest BCUT2D eigenvalue weighted by atomic mass is 10.6. The minimum Gasteiger partial charge on any atom is -0.198 e. The minimum atomic E-state index is 0.997. The maximum absolute atomic E-state index is 5.45. The third-order valence-corrected chi connectivity index (χ3v) is 4.64. The van der Waals surface area contributed by atoms with Crippen LogP contribution in [0.2, 0.25) is 0 Å². The third-order valence-electron chi connectivity index (χ3n) is 2.21. The van der Waals surface area contributed by atoms with E-state index < -0.39 is 0 Å². The maximum Gasteiger partial charge on any atom is 0.198 e. The summed E-state index contributed by atoms with van der Waals surface area (Å²) >= 11 is 5.05. The van der Waals surface area contributed by atoms with E-state index in [1.165, 1.54) is 0 Å². The van der Waals surface area contributed by atoms with E-state index in [0.717, 1.165) is 61.5 Å². The van der Waals surface area contributed by atoms with Gasteiger partial charge < -0.3 is 0 Å². The van der Waals surface area contributed by atoms with Gasteiger partial charge in [-0.2, -0.15) is 42.2 Å². The molecule has 2 heterocycles. The number of nitrogens with zero attached hydrogens (tertiary/aromatic N) is 2. The summed E-state index contributed by atoms with van der Waals surface area (Å²) < 4.78 is 10.9. The Labute approximate surface area is 104 Å². The Balaban J connectivity index is 1.53. The van der Waals surface area contributed by atoms with Gasteiger partial charge in [0.15, 0.2) is 12.3 Å². The van der Waals surface area contributed by atoms with E-state index in [0.29, 0.717) is 0 Å². The molecular weight excluding hydrogens is 252 g/mol. The van der Waals surface area contributed by atoms with Gasteiger partial charge in [0.1, 0.15) is 0 Å². The highest BCUT2D eigenvalue weighted by Gasteiger charge is 2.15. The summed E-state index contributed by atoms with van der Waals surface area (Å²) in [7, 11) is 0. The Morgan fingerprint density at radius 1 is 0.733 bits per heavy atom. The number of rotatable bonds is 4. The second kappa shape index (κ2) is 7.26. The monoisotopic (exact) mass is 268 g/mol. The SMILES string of the molecule is C1CN(OSON2CCSCC2)CCS1. The Hall–Kier alpha value is 0.890. The molecule has 0 aromatic carbocycles. The van der Waals surface area contributed by atoms with Crippen LogP contribution >= 0.6 is 35.8 Å². The third kappa shape index (κ3) is 4.72. The lowest BCUT2D eigenvalue weighted by Gasteiger charge is -2.26. The molecule has 2 rings (SSSR count). The molecule has 0 saturated carbocycles. The first-order valence-corrected chi connectivity index (χ1v) is 8.09. The first-order valence-electron chi connectivity index (χ1n) is 5.12. The van der Waals surface area contributed by atoms with E-state index in [4.69, 9.17) is 8.57 Å². The van der Waals surface area contributed by atoms with Gasteiger partial charge in [0.25, 0.3) is 0 Å². The molecule has 15 heavy (non-hydrogen) atoms. The van der Waals surface area contributed by atoms with Crippen LogP contribution in [-0.2, 0) is 8.57 Å². The molecule has 2 aliphatic rings. The van der Waals surface area contributed by atoms with Crippen molar-refractivity contribution >= 4 is 35.8 Å². The van der Waals surface area contributed by atoms with Crippen molar-refractivity contribution in [2.45, 2.75) is 0 Å². The van der Waals surface area contributed by atoms with E-state index in [9.17, 15) is 0 Å². The van der Waals surface area contributed by atoms with Crippen LogP contribution < -0.4 is 0 Å². The zero-order valence-corrected chi connectivity index (χ0v) is 11.0. The van der Waals surface area contributed by atoms with Crippen LogP contribution in [0.1, 0.15) is 0 Å². The Bertz CT molecular complexity index is 157. The van der Waals surface area contributed by atoms with Crippen molar-refractivity contribution in [3.05, 3.63) is 0 Å². The smallest absolute Gasteiger partial charge is 0.198 e. The summed E-state index contributed by atoms with van der Waals surface area (Å²) in [6.07, 6.45) is 0. The lowest BCUT2D eigenvalue weighted by molar-refractivity contribution is -0.0809. The summed E-state index contributed by atoms with van der Waals surface area (Å²) in [4.78, 5) is 0. The van der Waals surface area contributed by atoms with Crippen molar-refractivity contribution in [1.82, 2.24) is 10.1 Å². The van der Waals surface area contributed by atoms with Crippen molar-refractivity contribution in [2.24, 2.45) is 0 Å². The molecule has 4 nitrogen and oxygen atoms in total. The lowest BCUT2D eigenvalue weighted by Crippen LogP contribution is -2.33. The van der Waals surface area contributed by atoms with E-state index in [1.807, 2.05) is 33.7 Å². The van der Waals surface area contributed by atoms with Crippen LogP contribution in [-0.4, -0.2) is 59.3 Å². The molecule has 2 saturated heterocycles. The van der Waals surface area contributed by atoms with Crippen molar-refractivity contribution in [3.8, 4) is 0 Å². The van der Waals surface area contributed by atoms with Crippen molar-refractivity contribution in [2.75, 3.05) is 49.2 Å². The van der Waals surface area contributed by atoms with Crippen LogP contribution in [0, 0.1) is 0 Å². The largest absolute Gasteiger partial charge is 0.198 e. The normalized spacial score (nSPS) is 25.6. The van der Waals surface area contributed by atoms with E-state index in [-0.39, 0.29) is 0 Å². The highest BCUT2D eigenvalue weighted by molar-refractivity contribution is 7.99.